The van der Waals surface area contributed by atoms with Crippen molar-refractivity contribution in [3.8, 4) is 0 Å². The molecule has 1 aromatic heterocycles. The molecule has 2 nitrogen and oxygen atoms in total. The number of rotatable bonds is 1. The average molecular weight is 165 g/mol. The Morgan fingerprint density at radius 1 is 1.25 bits per heavy atom. The standard InChI is InChI=1S/C10H15NO/c1-7-10(11-2)8-5-3-4-6-9(8)12-7/h11H,3-6H2,1-2H3. The topological polar surface area (TPSA) is 25.2 Å². The second kappa shape index (κ2) is 2.85. The minimum Gasteiger partial charge on any atom is -0.464 e. The molecule has 0 saturated heterocycles. The minimum absolute atomic E-state index is 1.05. The van der Waals surface area contributed by atoms with Crippen molar-refractivity contribution < 1.29 is 4.42 Å². The third-order valence-corrected chi connectivity index (χ3v) is 2.60. The average Bonchev–Trinajstić information content (AvgIpc) is 2.40. The summed E-state index contributed by atoms with van der Waals surface area (Å²) in [5, 5.41) is 3.21. The van der Waals surface area contributed by atoms with E-state index in [0.717, 1.165) is 12.2 Å². The lowest BCUT2D eigenvalue weighted by Gasteiger charge is -2.10. The molecule has 0 spiro atoms. The molecule has 1 N–H and O–H groups in total. The molecule has 1 aliphatic carbocycles. The molecule has 66 valence electrons. The lowest BCUT2D eigenvalue weighted by molar-refractivity contribution is 0.458. The van der Waals surface area contributed by atoms with Gasteiger partial charge in [-0.15, -0.1) is 0 Å². The monoisotopic (exact) mass is 165 g/mol. The Balaban J connectivity index is 2.46. The lowest BCUT2D eigenvalue weighted by Crippen LogP contribution is -2.01. The van der Waals surface area contributed by atoms with Crippen LogP contribution in [0.2, 0.25) is 0 Å². The predicted octanol–water partition coefficient (Wildman–Crippen LogP) is 2.51. The smallest absolute Gasteiger partial charge is 0.124 e. The van der Waals surface area contributed by atoms with Gasteiger partial charge in [0.2, 0.25) is 0 Å². The van der Waals surface area contributed by atoms with Crippen molar-refractivity contribution in [3.63, 3.8) is 0 Å². The van der Waals surface area contributed by atoms with Crippen LogP contribution in [-0.4, -0.2) is 7.05 Å². The first kappa shape index (κ1) is 7.71. The van der Waals surface area contributed by atoms with E-state index in [1.165, 1.54) is 36.3 Å². The second-order valence-electron chi connectivity index (χ2n) is 3.39. The first-order valence-corrected chi connectivity index (χ1v) is 4.62. The zero-order valence-electron chi connectivity index (χ0n) is 7.74. The predicted molar refractivity (Wildman–Crippen MR) is 49.6 cm³/mol. The Bertz CT molecular complexity index is 288. The minimum atomic E-state index is 1.05. The number of hydrogen-bond acceptors (Lipinski definition) is 2. The van der Waals surface area contributed by atoms with Crippen LogP contribution in [0, 0.1) is 6.92 Å². The van der Waals surface area contributed by atoms with Crippen LogP contribution in [0.25, 0.3) is 0 Å². The largest absolute Gasteiger partial charge is 0.464 e. The third-order valence-electron chi connectivity index (χ3n) is 2.60. The van der Waals surface area contributed by atoms with Gasteiger partial charge in [0.25, 0.3) is 0 Å². The quantitative estimate of drug-likeness (QED) is 0.691. The maximum atomic E-state index is 5.67. The molecule has 1 heterocycles. The molecule has 0 aromatic carbocycles. The summed E-state index contributed by atoms with van der Waals surface area (Å²) in [6.45, 7) is 2.03. The van der Waals surface area contributed by atoms with Crippen LogP contribution < -0.4 is 5.32 Å². The van der Waals surface area contributed by atoms with E-state index in [-0.39, 0.29) is 0 Å². The Kier molecular flexibility index (Phi) is 1.83. The van der Waals surface area contributed by atoms with Crippen molar-refractivity contribution in [2.75, 3.05) is 12.4 Å². The number of fused-ring (bicyclic) bond motifs is 1. The van der Waals surface area contributed by atoms with Gasteiger partial charge in [-0.1, -0.05) is 0 Å². The molecule has 1 aromatic rings. The summed E-state index contributed by atoms with van der Waals surface area (Å²) in [7, 11) is 1.97. The first-order valence-electron chi connectivity index (χ1n) is 4.62. The SMILES string of the molecule is CNc1c(C)oc2c1CCCC2. The molecule has 2 heteroatoms. The zero-order chi connectivity index (χ0) is 8.55. The molecule has 0 bridgehead atoms. The van der Waals surface area contributed by atoms with Crippen molar-refractivity contribution >= 4 is 5.69 Å². The maximum Gasteiger partial charge on any atom is 0.124 e. The highest BCUT2D eigenvalue weighted by molar-refractivity contribution is 5.56. The molecule has 0 radical (unpaired) electrons. The Labute approximate surface area is 73.0 Å². The number of anilines is 1. The van der Waals surface area contributed by atoms with Gasteiger partial charge in [0.15, 0.2) is 0 Å². The number of aryl methyl sites for hydroxylation is 2. The summed E-state index contributed by atoms with van der Waals surface area (Å²) in [6, 6.07) is 0. The van der Waals surface area contributed by atoms with Crippen molar-refractivity contribution in [2.45, 2.75) is 32.6 Å². The van der Waals surface area contributed by atoms with Crippen LogP contribution in [0.4, 0.5) is 5.69 Å². The lowest BCUT2D eigenvalue weighted by atomic mass is 9.97. The first-order chi connectivity index (χ1) is 5.83. The summed E-state index contributed by atoms with van der Waals surface area (Å²) in [4.78, 5) is 0. The highest BCUT2D eigenvalue weighted by Crippen LogP contribution is 2.32. The molecule has 2 rings (SSSR count). The molecule has 0 atom stereocenters. The third kappa shape index (κ3) is 1.02. The fourth-order valence-corrected chi connectivity index (χ4v) is 2.03. The number of hydrogen-bond donors (Lipinski definition) is 1. The number of furan rings is 1. The zero-order valence-corrected chi connectivity index (χ0v) is 7.74. The Morgan fingerprint density at radius 2 is 2.00 bits per heavy atom. The highest BCUT2D eigenvalue weighted by Gasteiger charge is 2.19. The van der Waals surface area contributed by atoms with E-state index < -0.39 is 0 Å². The van der Waals surface area contributed by atoms with Crippen LogP contribution in [0.1, 0.15) is 29.9 Å². The molecular formula is C10H15NO. The summed E-state index contributed by atoms with van der Waals surface area (Å²) in [6.07, 6.45) is 4.89. The van der Waals surface area contributed by atoms with Crippen LogP contribution in [0.3, 0.4) is 0 Å². The van der Waals surface area contributed by atoms with Gasteiger partial charge in [0, 0.05) is 19.0 Å². The molecule has 0 aliphatic heterocycles. The van der Waals surface area contributed by atoms with Gasteiger partial charge >= 0.3 is 0 Å². The Hall–Kier alpha value is -0.920. The van der Waals surface area contributed by atoms with Crippen LogP contribution in [0.15, 0.2) is 4.42 Å². The Morgan fingerprint density at radius 3 is 2.75 bits per heavy atom. The second-order valence-corrected chi connectivity index (χ2v) is 3.39. The summed E-state index contributed by atoms with van der Waals surface area (Å²) < 4.78 is 5.67. The van der Waals surface area contributed by atoms with Crippen LogP contribution >= 0.6 is 0 Å². The fourth-order valence-electron chi connectivity index (χ4n) is 2.03. The van der Waals surface area contributed by atoms with E-state index in [9.17, 15) is 0 Å². The van der Waals surface area contributed by atoms with E-state index in [1.807, 2.05) is 14.0 Å². The van der Waals surface area contributed by atoms with Gasteiger partial charge in [-0.3, -0.25) is 0 Å². The van der Waals surface area contributed by atoms with E-state index in [2.05, 4.69) is 5.32 Å². The van der Waals surface area contributed by atoms with Crippen molar-refractivity contribution in [1.29, 1.82) is 0 Å². The molecule has 1 aliphatic rings. The van der Waals surface area contributed by atoms with E-state index in [0.29, 0.717) is 0 Å². The summed E-state index contributed by atoms with van der Waals surface area (Å²) in [5.41, 5.74) is 2.64. The normalized spacial score (nSPS) is 15.8. The van der Waals surface area contributed by atoms with Crippen molar-refractivity contribution in [1.82, 2.24) is 0 Å². The fraction of sp³-hybridized carbons (Fsp3) is 0.600. The maximum absolute atomic E-state index is 5.67. The van der Waals surface area contributed by atoms with Gasteiger partial charge in [-0.05, 0) is 26.2 Å². The van der Waals surface area contributed by atoms with Gasteiger partial charge in [-0.25, -0.2) is 0 Å². The summed E-state index contributed by atoms with van der Waals surface area (Å²) in [5.74, 6) is 2.26. The van der Waals surface area contributed by atoms with E-state index in [4.69, 9.17) is 4.42 Å². The molecule has 12 heavy (non-hydrogen) atoms. The van der Waals surface area contributed by atoms with Gasteiger partial charge in [0.05, 0.1) is 5.69 Å². The van der Waals surface area contributed by atoms with Crippen LogP contribution in [-0.2, 0) is 12.8 Å². The molecule has 0 unspecified atom stereocenters. The van der Waals surface area contributed by atoms with Gasteiger partial charge in [-0.2, -0.15) is 0 Å². The molecule has 0 fully saturated rings. The van der Waals surface area contributed by atoms with E-state index in [1.54, 1.807) is 0 Å². The van der Waals surface area contributed by atoms with Gasteiger partial charge in [0.1, 0.15) is 11.5 Å². The van der Waals surface area contributed by atoms with Crippen molar-refractivity contribution in [3.05, 3.63) is 17.1 Å². The molecule has 0 saturated carbocycles. The molecular weight excluding hydrogens is 150 g/mol. The summed E-state index contributed by atoms with van der Waals surface area (Å²) >= 11 is 0. The molecule has 0 amide bonds. The number of nitrogens with one attached hydrogen (secondary N) is 1. The highest BCUT2D eigenvalue weighted by atomic mass is 16.3. The van der Waals surface area contributed by atoms with E-state index >= 15 is 0 Å². The van der Waals surface area contributed by atoms with Crippen LogP contribution in [0.5, 0.6) is 0 Å². The van der Waals surface area contributed by atoms with Crippen molar-refractivity contribution in [2.24, 2.45) is 0 Å². The van der Waals surface area contributed by atoms with Gasteiger partial charge < -0.3 is 9.73 Å².